The zero-order valence-electron chi connectivity index (χ0n) is 13.6. The molecule has 0 bridgehead atoms. The Kier molecular flexibility index (Phi) is 3.81. The molecule has 7 heteroatoms. The lowest BCUT2D eigenvalue weighted by atomic mass is 10.1. The van der Waals surface area contributed by atoms with Crippen molar-refractivity contribution in [3.63, 3.8) is 0 Å². The first kappa shape index (κ1) is 15.2. The molecule has 2 unspecified atom stereocenters. The van der Waals surface area contributed by atoms with Crippen LogP contribution in [-0.2, 0) is 0 Å². The van der Waals surface area contributed by atoms with Gasteiger partial charge in [-0.3, -0.25) is 14.6 Å². The molecule has 0 spiro atoms. The average molecular weight is 333 g/mol. The van der Waals surface area contributed by atoms with Crippen molar-refractivity contribution in [1.82, 2.24) is 14.9 Å². The lowest BCUT2D eigenvalue weighted by Gasteiger charge is -2.13. The van der Waals surface area contributed by atoms with Crippen molar-refractivity contribution in [3.05, 3.63) is 66.7 Å². The summed E-state index contributed by atoms with van der Waals surface area (Å²) in [6.07, 6.45) is 9.83. The van der Waals surface area contributed by atoms with Gasteiger partial charge in [0.1, 0.15) is 29.5 Å². The third-order valence-electron chi connectivity index (χ3n) is 4.22. The molecule has 2 aliphatic rings. The van der Waals surface area contributed by atoms with Gasteiger partial charge in [-0.2, -0.15) is 0 Å². The van der Waals surface area contributed by atoms with E-state index in [1.54, 1.807) is 10.9 Å². The van der Waals surface area contributed by atoms with E-state index in [0.717, 1.165) is 11.5 Å². The van der Waals surface area contributed by atoms with Crippen LogP contribution in [0.5, 0.6) is 0 Å². The van der Waals surface area contributed by atoms with Gasteiger partial charge in [0.2, 0.25) is 0 Å². The van der Waals surface area contributed by atoms with Crippen LogP contribution in [0.2, 0.25) is 0 Å². The molecular formula is C18H19N7. The van der Waals surface area contributed by atoms with E-state index in [0.29, 0.717) is 23.9 Å². The number of anilines is 1. The van der Waals surface area contributed by atoms with Crippen molar-refractivity contribution in [3.8, 4) is 5.69 Å². The Morgan fingerprint density at radius 1 is 1.20 bits per heavy atom. The Bertz CT molecular complexity index is 889. The summed E-state index contributed by atoms with van der Waals surface area (Å²) in [7, 11) is 0. The number of imidazole rings is 1. The van der Waals surface area contributed by atoms with Gasteiger partial charge in [0.15, 0.2) is 0 Å². The number of nitrogen functional groups attached to an aromatic ring is 1. The quantitative estimate of drug-likeness (QED) is 0.574. The number of nitrogens with zero attached hydrogens (tertiary/aromatic N) is 4. The van der Waals surface area contributed by atoms with Crippen molar-refractivity contribution in [2.75, 3.05) is 12.3 Å². The topological polar surface area (TPSA) is 107 Å². The highest BCUT2D eigenvalue weighted by Crippen LogP contribution is 2.17. The molecule has 4 rings (SSSR count). The highest BCUT2D eigenvalue weighted by atomic mass is 15.2. The third kappa shape index (κ3) is 2.91. The van der Waals surface area contributed by atoms with E-state index < -0.39 is 0 Å². The fourth-order valence-corrected chi connectivity index (χ4v) is 2.93. The Morgan fingerprint density at radius 2 is 2.00 bits per heavy atom. The predicted octanol–water partition coefficient (Wildman–Crippen LogP) is 1.02. The van der Waals surface area contributed by atoms with Gasteiger partial charge in [0.05, 0.1) is 18.6 Å². The van der Waals surface area contributed by atoms with Crippen molar-refractivity contribution in [2.45, 2.75) is 12.1 Å². The minimum Gasteiger partial charge on any atom is -0.383 e. The van der Waals surface area contributed by atoms with E-state index in [2.05, 4.69) is 32.4 Å². The normalized spacial score (nSPS) is 21.8. The highest BCUT2D eigenvalue weighted by Gasteiger charge is 2.25. The zero-order chi connectivity index (χ0) is 17.2. The van der Waals surface area contributed by atoms with Crippen molar-refractivity contribution in [2.24, 2.45) is 15.7 Å². The number of fused-ring (bicyclic) bond motifs is 1. The van der Waals surface area contributed by atoms with Crippen LogP contribution in [0.4, 0.5) is 5.82 Å². The van der Waals surface area contributed by atoms with Gasteiger partial charge >= 0.3 is 0 Å². The predicted molar refractivity (Wildman–Crippen MR) is 100.0 cm³/mol. The molecular weight excluding hydrogens is 314 g/mol. The summed E-state index contributed by atoms with van der Waals surface area (Å²) in [5, 5.41) is 3.34. The molecule has 1 aromatic heterocycles. The number of benzene rings is 1. The summed E-state index contributed by atoms with van der Waals surface area (Å²) >= 11 is 0. The maximum atomic E-state index is 6.19. The van der Waals surface area contributed by atoms with E-state index in [9.17, 15) is 0 Å². The number of para-hydroxylation sites is 1. The molecule has 0 saturated heterocycles. The maximum Gasteiger partial charge on any atom is 0.148 e. The average Bonchev–Trinajstić information content (AvgIpc) is 3.23. The summed E-state index contributed by atoms with van der Waals surface area (Å²) in [5.74, 6) is 1.58. The molecule has 0 saturated carbocycles. The summed E-state index contributed by atoms with van der Waals surface area (Å²) < 4.78 is 1.78. The van der Waals surface area contributed by atoms with E-state index >= 15 is 0 Å². The van der Waals surface area contributed by atoms with Crippen LogP contribution in [0.25, 0.3) is 5.69 Å². The van der Waals surface area contributed by atoms with E-state index in [1.165, 1.54) is 0 Å². The lowest BCUT2D eigenvalue weighted by Crippen LogP contribution is -2.34. The van der Waals surface area contributed by atoms with Crippen LogP contribution < -0.4 is 16.8 Å². The minimum absolute atomic E-state index is 0.138. The highest BCUT2D eigenvalue weighted by molar-refractivity contribution is 6.01. The second kappa shape index (κ2) is 6.27. The number of aliphatic imine (C=N–C) groups is 2. The Labute approximate surface area is 145 Å². The number of allylic oxidation sites excluding steroid dienone is 2. The van der Waals surface area contributed by atoms with Crippen molar-refractivity contribution < 1.29 is 0 Å². The maximum absolute atomic E-state index is 6.19. The lowest BCUT2D eigenvalue weighted by molar-refractivity contribution is 0.694. The number of nitrogens with one attached hydrogen (secondary N) is 1. The first-order valence-corrected chi connectivity index (χ1v) is 8.09. The van der Waals surface area contributed by atoms with Crippen LogP contribution in [0.3, 0.4) is 0 Å². The summed E-state index contributed by atoms with van der Waals surface area (Å²) in [5.41, 5.74) is 13.7. The smallest absolute Gasteiger partial charge is 0.148 e. The molecule has 0 radical (unpaired) electrons. The number of nitrogens with two attached hydrogens (primary N) is 2. The molecule has 0 amide bonds. The van der Waals surface area contributed by atoms with Crippen LogP contribution >= 0.6 is 0 Å². The van der Waals surface area contributed by atoms with Crippen LogP contribution in [0.1, 0.15) is 5.69 Å². The van der Waals surface area contributed by atoms with Crippen molar-refractivity contribution in [1.29, 1.82) is 0 Å². The van der Waals surface area contributed by atoms with E-state index in [1.807, 2.05) is 42.5 Å². The molecule has 0 fully saturated rings. The second-order valence-corrected chi connectivity index (χ2v) is 5.89. The molecule has 126 valence electrons. The Morgan fingerprint density at radius 3 is 2.80 bits per heavy atom. The van der Waals surface area contributed by atoms with Gasteiger partial charge in [-0.25, -0.2) is 4.98 Å². The van der Waals surface area contributed by atoms with Gasteiger partial charge in [0.25, 0.3) is 0 Å². The molecule has 2 heterocycles. The van der Waals surface area contributed by atoms with Crippen LogP contribution in [-0.4, -0.2) is 39.9 Å². The molecule has 2 aromatic rings. The minimum atomic E-state index is 0.138. The Hall–Kier alpha value is -3.35. The van der Waals surface area contributed by atoms with Crippen LogP contribution in [0, 0.1) is 0 Å². The summed E-state index contributed by atoms with van der Waals surface area (Å²) in [6.45, 7) is 0.373. The van der Waals surface area contributed by atoms with Gasteiger partial charge in [-0.15, -0.1) is 0 Å². The van der Waals surface area contributed by atoms with Gasteiger partial charge in [-0.05, 0) is 12.1 Å². The number of hydrogen-bond acceptors (Lipinski definition) is 5. The molecule has 1 aliphatic heterocycles. The first-order valence-electron chi connectivity index (χ1n) is 8.09. The third-order valence-corrected chi connectivity index (χ3v) is 4.22. The van der Waals surface area contributed by atoms with E-state index in [-0.39, 0.29) is 12.1 Å². The number of hydrogen-bond donors (Lipinski definition) is 3. The molecule has 5 N–H and O–H groups in total. The molecule has 1 aliphatic carbocycles. The number of rotatable bonds is 4. The molecule has 25 heavy (non-hydrogen) atoms. The van der Waals surface area contributed by atoms with Gasteiger partial charge in [0, 0.05) is 5.69 Å². The number of aromatic nitrogens is 2. The van der Waals surface area contributed by atoms with Gasteiger partial charge in [-0.1, -0.05) is 42.5 Å². The SMILES string of the molecule is NC(=NCC1=NC2C=CC=CC2N1)c1ncn(-c2ccccc2)c1N. The summed E-state index contributed by atoms with van der Waals surface area (Å²) in [4.78, 5) is 13.3. The standard InChI is InChI=1S/C18H19N7/c19-17(21-10-15-23-13-8-4-5-9-14(13)24-15)16-18(20)25(11-22-16)12-6-2-1-3-7-12/h1-9,11,13-14H,10,20H2,(H2,19,21)(H,23,24). The van der Waals surface area contributed by atoms with Crippen molar-refractivity contribution >= 4 is 17.5 Å². The largest absolute Gasteiger partial charge is 0.383 e. The Balaban J connectivity index is 1.51. The first-order chi connectivity index (χ1) is 12.2. The molecule has 2 atom stereocenters. The van der Waals surface area contributed by atoms with E-state index in [4.69, 9.17) is 11.5 Å². The fourth-order valence-electron chi connectivity index (χ4n) is 2.93. The van der Waals surface area contributed by atoms with Gasteiger partial charge < -0.3 is 16.8 Å². The van der Waals surface area contributed by atoms with Crippen LogP contribution in [0.15, 0.2) is 70.9 Å². The monoisotopic (exact) mass is 333 g/mol. The molecule has 7 nitrogen and oxygen atoms in total. The number of amidine groups is 2. The summed E-state index contributed by atoms with van der Waals surface area (Å²) in [6, 6.07) is 10.1. The fraction of sp³-hybridized carbons (Fsp3) is 0.167. The molecule has 1 aromatic carbocycles. The second-order valence-electron chi connectivity index (χ2n) is 5.89. The zero-order valence-corrected chi connectivity index (χ0v) is 13.6.